The van der Waals surface area contributed by atoms with Crippen LogP contribution < -0.4 is 0 Å². The molecule has 6 heteroatoms. The second-order valence-electron chi connectivity index (χ2n) is 5.54. The van der Waals surface area contributed by atoms with Gasteiger partial charge in [0, 0.05) is 19.2 Å². The highest BCUT2D eigenvalue weighted by molar-refractivity contribution is 8.01. The number of hydrogen-bond acceptors (Lipinski definition) is 4. The van der Waals surface area contributed by atoms with Gasteiger partial charge in [0.1, 0.15) is 11.8 Å². The van der Waals surface area contributed by atoms with E-state index in [2.05, 4.69) is 6.92 Å². The van der Waals surface area contributed by atoms with Gasteiger partial charge in [-0.15, -0.1) is 11.8 Å². The maximum atomic E-state index is 12.6. The summed E-state index contributed by atoms with van der Waals surface area (Å²) in [4.78, 5) is 27.9. The lowest BCUT2D eigenvalue weighted by atomic mass is 10.2. The van der Waals surface area contributed by atoms with Crippen LogP contribution >= 0.6 is 11.8 Å². The summed E-state index contributed by atoms with van der Waals surface area (Å²) in [7, 11) is 1.76. The summed E-state index contributed by atoms with van der Waals surface area (Å²) < 4.78 is 5.26. The number of carbonyl (C=O) groups is 2. The zero-order valence-electron chi connectivity index (χ0n) is 11.7. The van der Waals surface area contributed by atoms with E-state index in [0.29, 0.717) is 18.7 Å². The highest BCUT2D eigenvalue weighted by Crippen LogP contribution is 2.47. The molecule has 0 unspecified atom stereocenters. The maximum Gasteiger partial charge on any atom is 0.246 e. The lowest BCUT2D eigenvalue weighted by molar-refractivity contribution is -0.143. The summed E-state index contributed by atoms with van der Waals surface area (Å²) >= 11 is 1.71. The molecule has 2 aliphatic rings. The van der Waals surface area contributed by atoms with Crippen LogP contribution in [0.4, 0.5) is 0 Å². The predicted octanol–water partition coefficient (Wildman–Crippen LogP) is 1.69. The number of carbonyl (C=O) groups excluding carboxylic acids is 2. The number of amides is 2. The van der Waals surface area contributed by atoms with Crippen LogP contribution in [0, 0.1) is 0 Å². The second kappa shape index (κ2) is 4.84. The van der Waals surface area contributed by atoms with Gasteiger partial charge in [-0.25, -0.2) is 0 Å². The minimum atomic E-state index is -0.333. The molecule has 2 fully saturated rings. The number of fused-ring (bicyclic) bond motifs is 1. The fraction of sp³-hybridized carbons (Fsp3) is 0.571. The molecule has 1 aromatic heterocycles. The number of furan rings is 1. The first-order valence-corrected chi connectivity index (χ1v) is 7.73. The number of thioether (sulfide) groups is 1. The molecule has 0 saturated carbocycles. The van der Waals surface area contributed by atoms with Gasteiger partial charge in [0.2, 0.25) is 11.8 Å². The van der Waals surface area contributed by atoms with Gasteiger partial charge in [-0.05, 0) is 25.5 Å². The molecule has 5 nitrogen and oxygen atoms in total. The van der Waals surface area contributed by atoms with E-state index in [4.69, 9.17) is 4.42 Å². The first-order chi connectivity index (χ1) is 9.51. The Kier molecular flexibility index (Phi) is 3.28. The van der Waals surface area contributed by atoms with Crippen molar-refractivity contribution in [2.24, 2.45) is 0 Å². The molecule has 2 amide bonds. The smallest absolute Gasteiger partial charge is 0.246 e. The van der Waals surface area contributed by atoms with Crippen LogP contribution in [0.15, 0.2) is 22.8 Å². The van der Waals surface area contributed by atoms with Crippen LogP contribution in [-0.2, 0) is 16.1 Å². The number of hydrogen-bond donors (Lipinski definition) is 0. The predicted molar refractivity (Wildman–Crippen MR) is 75.9 cm³/mol. The van der Waals surface area contributed by atoms with Crippen LogP contribution in [0.3, 0.4) is 0 Å². The molecule has 3 rings (SSSR count). The highest BCUT2D eigenvalue weighted by Gasteiger charge is 2.53. The number of nitrogens with zero attached hydrogens (tertiary/aromatic N) is 2. The van der Waals surface area contributed by atoms with E-state index in [0.717, 1.165) is 12.2 Å². The fourth-order valence-corrected chi connectivity index (χ4v) is 4.40. The first-order valence-electron chi connectivity index (χ1n) is 6.75. The number of likely N-dealkylation sites (N-methyl/N-ethyl adjacent to an activating group) is 1. The Morgan fingerprint density at radius 3 is 3.15 bits per heavy atom. The molecule has 2 aliphatic heterocycles. The molecule has 20 heavy (non-hydrogen) atoms. The Morgan fingerprint density at radius 2 is 2.45 bits per heavy atom. The van der Waals surface area contributed by atoms with Crippen molar-refractivity contribution >= 4 is 23.6 Å². The summed E-state index contributed by atoms with van der Waals surface area (Å²) in [5, 5.41) is 0. The van der Waals surface area contributed by atoms with E-state index in [-0.39, 0.29) is 22.7 Å². The van der Waals surface area contributed by atoms with Gasteiger partial charge in [0.25, 0.3) is 0 Å². The SMILES string of the molecule is CN(Cc1ccco1)C(=O)[C@H]1CS[C@@]2(C)CCC(=O)N12. The van der Waals surface area contributed by atoms with Gasteiger partial charge in [-0.3, -0.25) is 9.59 Å². The molecule has 3 heterocycles. The zero-order chi connectivity index (χ0) is 14.3. The lowest BCUT2D eigenvalue weighted by Gasteiger charge is -2.31. The molecule has 0 radical (unpaired) electrons. The molecular formula is C14H18N2O3S. The fourth-order valence-electron chi connectivity index (χ4n) is 2.97. The highest BCUT2D eigenvalue weighted by atomic mass is 32.2. The molecule has 0 bridgehead atoms. The van der Waals surface area contributed by atoms with E-state index in [1.54, 1.807) is 40.9 Å². The minimum Gasteiger partial charge on any atom is -0.467 e. The average Bonchev–Trinajstić information content (AvgIpc) is 3.08. The van der Waals surface area contributed by atoms with Gasteiger partial charge in [-0.2, -0.15) is 0 Å². The van der Waals surface area contributed by atoms with Crippen LogP contribution in [0.5, 0.6) is 0 Å². The largest absolute Gasteiger partial charge is 0.467 e. The summed E-state index contributed by atoms with van der Waals surface area (Å²) in [5.74, 6) is 1.53. The van der Waals surface area contributed by atoms with Crippen molar-refractivity contribution in [1.29, 1.82) is 0 Å². The van der Waals surface area contributed by atoms with E-state index in [9.17, 15) is 9.59 Å². The second-order valence-corrected chi connectivity index (χ2v) is 7.04. The molecule has 0 aromatic carbocycles. The Hall–Kier alpha value is -1.43. The molecule has 0 N–H and O–H groups in total. The Bertz CT molecular complexity index is 531. The van der Waals surface area contributed by atoms with Crippen molar-refractivity contribution in [3.63, 3.8) is 0 Å². The van der Waals surface area contributed by atoms with Crippen molar-refractivity contribution in [2.45, 2.75) is 37.2 Å². The quantitative estimate of drug-likeness (QED) is 0.851. The van der Waals surface area contributed by atoms with Gasteiger partial charge in [0.15, 0.2) is 0 Å². The molecular weight excluding hydrogens is 276 g/mol. The minimum absolute atomic E-state index is 0.00660. The summed E-state index contributed by atoms with van der Waals surface area (Å²) in [6.07, 6.45) is 2.98. The summed E-state index contributed by atoms with van der Waals surface area (Å²) in [6.45, 7) is 2.49. The normalized spacial score (nSPS) is 28.8. The van der Waals surface area contributed by atoms with Gasteiger partial charge in [0.05, 0.1) is 17.7 Å². The maximum absolute atomic E-state index is 12.6. The lowest BCUT2D eigenvalue weighted by Crippen LogP contribution is -2.50. The van der Waals surface area contributed by atoms with E-state index >= 15 is 0 Å². The average molecular weight is 294 g/mol. The molecule has 1 aromatic rings. The standard InChI is InChI=1S/C14H18N2O3S/c1-14-6-5-12(17)16(14)11(9-20-14)13(18)15(2)8-10-4-3-7-19-10/h3-4,7,11H,5-6,8-9H2,1-2H3/t11-,14+/m1/s1. The summed E-state index contributed by atoms with van der Waals surface area (Å²) in [6, 6.07) is 3.32. The van der Waals surface area contributed by atoms with Crippen molar-refractivity contribution in [2.75, 3.05) is 12.8 Å². The van der Waals surface area contributed by atoms with Crippen LogP contribution in [0.1, 0.15) is 25.5 Å². The Labute approximate surface area is 122 Å². The monoisotopic (exact) mass is 294 g/mol. The van der Waals surface area contributed by atoms with E-state index in [1.165, 1.54) is 0 Å². The van der Waals surface area contributed by atoms with Gasteiger partial charge in [-0.1, -0.05) is 0 Å². The summed E-state index contributed by atoms with van der Waals surface area (Å²) in [5.41, 5.74) is 0. The first kappa shape index (κ1) is 13.5. The molecule has 0 aliphatic carbocycles. The van der Waals surface area contributed by atoms with Crippen molar-refractivity contribution < 1.29 is 14.0 Å². The molecule has 0 spiro atoms. The molecule has 2 saturated heterocycles. The third kappa shape index (κ3) is 2.12. The van der Waals surface area contributed by atoms with Gasteiger partial charge >= 0.3 is 0 Å². The topological polar surface area (TPSA) is 53.8 Å². The third-order valence-corrected chi connectivity index (χ3v) is 5.58. The van der Waals surface area contributed by atoms with Crippen molar-refractivity contribution in [3.05, 3.63) is 24.2 Å². The van der Waals surface area contributed by atoms with Crippen molar-refractivity contribution in [1.82, 2.24) is 9.80 Å². The van der Waals surface area contributed by atoms with Crippen molar-refractivity contribution in [3.8, 4) is 0 Å². The zero-order valence-corrected chi connectivity index (χ0v) is 12.5. The molecule has 2 atom stereocenters. The van der Waals surface area contributed by atoms with E-state index < -0.39 is 0 Å². The van der Waals surface area contributed by atoms with E-state index in [1.807, 2.05) is 6.07 Å². The van der Waals surface area contributed by atoms with Crippen LogP contribution in [-0.4, -0.2) is 45.3 Å². The third-order valence-electron chi connectivity index (χ3n) is 4.08. The van der Waals surface area contributed by atoms with Crippen LogP contribution in [0.25, 0.3) is 0 Å². The van der Waals surface area contributed by atoms with Gasteiger partial charge < -0.3 is 14.2 Å². The Morgan fingerprint density at radius 1 is 1.65 bits per heavy atom. The number of rotatable bonds is 3. The Balaban J connectivity index is 1.72. The molecule has 108 valence electrons. The van der Waals surface area contributed by atoms with Crippen LogP contribution in [0.2, 0.25) is 0 Å².